The number of carbonyl (C=O) groups excluding carboxylic acids is 1. The molecule has 3 heterocycles. The van der Waals surface area contributed by atoms with E-state index in [4.69, 9.17) is 4.42 Å². The van der Waals surface area contributed by atoms with Crippen molar-refractivity contribution in [1.82, 2.24) is 14.5 Å². The van der Waals surface area contributed by atoms with E-state index >= 15 is 0 Å². The highest BCUT2D eigenvalue weighted by Gasteiger charge is 2.22. The Bertz CT molecular complexity index is 1000. The molecule has 1 amide bonds. The summed E-state index contributed by atoms with van der Waals surface area (Å²) >= 11 is 1.41. The predicted molar refractivity (Wildman–Crippen MR) is 105 cm³/mol. The molecule has 3 aromatic rings. The van der Waals surface area contributed by atoms with E-state index in [9.17, 15) is 9.59 Å². The zero-order valence-electron chi connectivity index (χ0n) is 15.2. The van der Waals surface area contributed by atoms with Gasteiger partial charge in [-0.15, -0.1) is 11.3 Å². The summed E-state index contributed by atoms with van der Waals surface area (Å²) in [6, 6.07) is 6.39. The van der Waals surface area contributed by atoms with Gasteiger partial charge in [0.2, 0.25) is 5.91 Å². The van der Waals surface area contributed by atoms with Crippen molar-refractivity contribution in [3.63, 3.8) is 0 Å². The average molecular weight is 386 g/mol. The summed E-state index contributed by atoms with van der Waals surface area (Å²) in [5, 5.41) is 5.36. The van der Waals surface area contributed by atoms with Gasteiger partial charge in [-0.1, -0.05) is 18.6 Å². The number of hydrogen-bond acceptors (Lipinski definition) is 6. The molecule has 1 aliphatic rings. The molecule has 0 spiro atoms. The number of thiazole rings is 1. The molecule has 0 bridgehead atoms. The van der Waals surface area contributed by atoms with Crippen molar-refractivity contribution in [1.29, 1.82) is 0 Å². The van der Waals surface area contributed by atoms with Crippen LogP contribution in [0, 0.1) is 0 Å². The van der Waals surface area contributed by atoms with E-state index in [1.54, 1.807) is 25.1 Å². The van der Waals surface area contributed by atoms with Crippen LogP contribution < -0.4 is 11.1 Å². The van der Waals surface area contributed by atoms with Crippen LogP contribution in [0.5, 0.6) is 0 Å². The van der Waals surface area contributed by atoms with Crippen LogP contribution in [0.2, 0.25) is 0 Å². The minimum atomic E-state index is -0.699. The third-order valence-corrected chi connectivity index (χ3v) is 5.71. The van der Waals surface area contributed by atoms with Crippen LogP contribution in [0.4, 0.5) is 5.13 Å². The second kappa shape index (κ2) is 7.66. The molecule has 1 saturated heterocycles. The number of anilines is 1. The van der Waals surface area contributed by atoms with Crippen LogP contribution >= 0.6 is 11.3 Å². The van der Waals surface area contributed by atoms with E-state index in [0.717, 1.165) is 25.3 Å². The third kappa shape index (κ3) is 3.81. The fourth-order valence-electron chi connectivity index (χ4n) is 3.46. The molecule has 1 aliphatic heterocycles. The molecule has 8 heteroatoms. The molecule has 7 nitrogen and oxygen atoms in total. The second-order valence-electron chi connectivity index (χ2n) is 6.85. The average Bonchev–Trinajstić information content (AvgIpc) is 3.24. The van der Waals surface area contributed by atoms with Crippen LogP contribution in [0.1, 0.15) is 37.9 Å². The van der Waals surface area contributed by atoms with Crippen molar-refractivity contribution in [2.45, 2.75) is 38.8 Å². The number of nitrogens with zero attached hydrogens (tertiary/aromatic N) is 3. The topological polar surface area (TPSA) is 80.4 Å². The fourth-order valence-corrected chi connectivity index (χ4v) is 4.17. The van der Waals surface area contributed by atoms with Gasteiger partial charge in [0.15, 0.2) is 10.7 Å². The van der Waals surface area contributed by atoms with E-state index in [-0.39, 0.29) is 5.91 Å². The molecule has 0 saturated carbocycles. The van der Waals surface area contributed by atoms with Gasteiger partial charge in [0.05, 0.1) is 11.2 Å². The summed E-state index contributed by atoms with van der Waals surface area (Å²) in [5.41, 5.74) is 2.05. The van der Waals surface area contributed by atoms with Crippen LogP contribution in [-0.4, -0.2) is 33.4 Å². The SMILES string of the molecule is CC(C(=O)Nc1nc(CN2CCCCC2)cs1)n1c(=O)oc2ccccc21. The number of oxazole rings is 1. The van der Waals surface area contributed by atoms with Gasteiger partial charge >= 0.3 is 5.76 Å². The molecule has 27 heavy (non-hydrogen) atoms. The molecule has 1 unspecified atom stereocenters. The molecule has 1 N–H and O–H groups in total. The fraction of sp³-hybridized carbons (Fsp3) is 0.421. The maximum absolute atomic E-state index is 12.6. The first kappa shape index (κ1) is 17.9. The number of piperidine rings is 1. The Morgan fingerprint density at radius 1 is 1.30 bits per heavy atom. The van der Waals surface area contributed by atoms with Gasteiger partial charge in [-0.25, -0.2) is 9.78 Å². The van der Waals surface area contributed by atoms with E-state index in [2.05, 4.69) is 15.2 Å². The number of aromatic nitrogens is 2. The minimum absolute atomic E-state index is 0.289. The van der Waals surface area contributed by atoms with Gasteiger partial charge in [-0.05, 0) is 45.0 Å². The molecule has 1 fully saturated rings. The highest BCUT2D eigenvalue weighted by atomic mass is 32.1. The standard InChI is InChI=1S/C19H22N4O3S/c1-13(23-15-7-3-4-8-16(15)26-19(23)25)17(24)21-18-20-14(12-27-18)11-22-9-5-2-6-10-22/h3-4,7-8,12-13H,2,5-6,9-11H2,1H3,(H,20,21,24). The normalized spacial score (nSPS) is 16.5. The largest absolute Gasteiger partial charge is 0.420 e. The highest BCUT2D eigenvalue weighted by Crippen LogP contribution is 2.21. The number of rotatable bonds is 5. The maximum atomic E-state index is 12.6. The van der Waals surface area contributed by atoms with Gasteiger partial charge in [-0.3, -0.25) is 14.3 Å². The Labute approximate surface area is 160 Å². The van der Waals surface area contributed by atoms with Gasteiger partial charge in [0.1, 0.15) is 6.04 Å². The monoisotopic (exact) mass is 386 g/mol. The first-order valence-corrected chi connectivity index (χ1v) is 10.1. The summed E-state index contributed by atoms with van der Waals surface area (Å²) in [6.07, 6.45) is 3.77. The molecular weight excluding hydrogens is 364 g/mol. The van der Waals surface area contributed by atoms with Gasteiger partial charge in [0.25, 0.3) is 0 Å². The summed E-state index contributed by atoms with van der Waals surface area (Å²) in [5.74, 6) is -0.827. The molecule has 4 rings (SSSR count). The smallest absolute Gasteiger partial charge is 0.408 e. The van der Waals surface area contributed by atoms with Crippen molar-refractivity contribution in [2.24, 2.45) is 0 Å². The summed E-state index contributed by atoms with van der Waals surface area (Å²) in [6.45, 7) is 4.70. The predicted octanol–water partition coefficient (Wildman–Crippen LogP) is 3.24. The number of fused-ring (bicyclic) bond motifs is 1. The zero-order valence-corrected chi connectivity index (χ0v) is 16.0. The molecule has 1 atom stereocenters. The van der Waals surface area contributed by atoms with Crippen LogP contribution in [0.15, 0.2) is 38.9 Å². The second-order valence-corrected chi connectivity index (χ2v) is 7.71. The number of benzene rings is 1. The lowest BCUT2D eigenvalue weighted by Crippen LogP contribution is -2.30. The number of likely N-dealkylation sites (tertiary alicyclic amines) is 1. The Morgan fingerprint density at radius 3 is 2.89 bits per heavy atom. The number of hydrogen-bond donors (Lipinski definition) is 1. The zero-order chi connectivity index (χ0) is 18.8. The maximum Gasteiger partial charge on any atom is 0.420 e. The van der Waals surface area contributed by atoms with Crippen molar-refractivity contribution < 1.29 is 9.21 Å². The van der Waals surface area contributed by atoms with Crippen molar-refractivity contribution in [3.05, 3.63) is 45.9 Å². The molecule has 142 valence electrons. The first-order chi connectivity index (χ1) is 13.1. The van der Waals surface area contributed by atoms with Crippen molar-refractivity contribution in [2.75, 3.05) is 18.4 Å². The molecule has 2 aromatic heterocycles. The van der Waals surface area contributed by atoms with Crippen LogP contribution in [0.3, 0.4) is 0 Å². The number of nitrogens with one attached hydrogen (secondary N) is 1. The summed E-state index contributed by atoms with van der Waals surface area (Å²) in [4.78, 5) is 31.7. The lowest BCUT2D eigenvalue weighted by atomic mass is 10.1. The number of carbonyl (C=O) groups is 1. The van der Waals surface area contributed by atoms with Gasteiger partial charge in [-0.2, -0.15) is 0 Å². The lowest BCUT2D eigenvalue weighted by Gasteiger charge is -2.25. The van der Waals surface area contributed by atoms with Gasteiger partial charge in [0, 0.05) is 11.9 Å². The molecule has 1 aromatic carbocycles. The quantitative estimate of drug-likeness (QED) is 0.728. The Balaban J connectivity index is 1.45. The molecule has 0 aliphatic carbocycles. The van der Waals surface area contributed by atoms with Crippen molar-refractivity contribution >= 4 is 33.5 Å². The summed E-state index contributed by atoms with van der Waals surface area (Å²) < 4.78 is 6.59. The van der Waals surface area contributed by atoms with E-state index in [0.29, 0.717) is 16.2 Å². The first-order valence-electron chi connectivity index (χ1n) is 9.19. The Hall–Kier alpha value is -2.45. The minimum Gasteiger partial charge on any atom is -0.408 e. The highest BCUT2D eigenvalue weighted by molar-refractivity contribution is 7.13. The van der Waals surface area contributed by atoms with Gasteiger partial charge < -0.3 is 9.73 Å². The van der Waals surface area contributed by atoms with E-state index in [1.807, 2.05) is 11.4 Å². The van der Waals surface area contributed by atoms with E-state index in [1.165, 1.54) is 35.2 Å². The number of para-hydroxylation sites is 2. The van der Waals surface area contributed by atoms with Crippen LogP contribution in [-0.2, 0) is 11.3 Å². The number of amides is 1. The lowest BCUT2D eigenvalue weighted by molar-refractivity contribution is -0.118. The van der Waals surface area contributed by atoms with Crippen LogP contribution in [0.25, 0.3) is 11.1 Å². The van der Waals surface area contributed by atoms with Crippen molar-refractivity contribution in [3.8, 4) is 0 Å². The van der Waals surface area contributed by atoms with E-state index < -0.39 is 11.8 Å². The third-order valence-electron chi connectivity index (χ3n) is 4.90. The Morgan fingerprint density at radius 2 is 2.07 bits per heavy atom. The Kier molecular flexibility index (Phi) is 5.09. The summed E-state index contributed by atoms with van der Waals surface area (Å²) in [7, 11) is 0. The molecule has 0 radical (unpaired) electrons. The molecular formula is C19H22N4O3S.